The summed E-state index contributed by atoms with van der Waals surface area (Å²) in [5.74, 6) is 0. The molecule has 0 aliphatic rings. The molecule has 2 atom stereocenters. The molecular weight excluding hydrogens is 298 g/mol. The molecule has 0 aliphatic heterocycles. The lowest BCUT2D eigenvalue weighted by Crippen LogP contribution is -2.40. The van der Waals surface area contributed by atoms with Gasteiger partial charge in [-0.05, 0) is 30.3 Å². The number of aliphatic hydroxyl groups excluding tert-OH is 4. The molecule has 126 valence electrons. The average molecular weight is 321 g/mol. The van der Waals surface area contributed by atoms with Crippen LogP contribution in [0.15, 0.2) is 36.5 Å². The van der Waals surface area contributed by atoms with Crippen molar-refractivity contribution in [2.45, 2.75) is 12.2 Å². The number of nitrogens with one attached hydrogen (secondary N) is 1. The highest BCUT2D eigenvalue weighted by Gasteiger charge is 2.17. The summed E-state index contributed by atoms with van der Waals surface area (Å²) >= 11 is 0. The number of benzene rings is 1. The van der Waals surface area contributed by atoms with Crippen molar-refractivity contribution >= 4 is 11.4 Å². The fourth-order valence-electron chi connectivity index (χ4n) is 2.38. The van der Waals surface area contributed by atoms with E-state index >= 15 is 0 Å². The average Bonchev–Trinajstić information content (AvgIpc) is 3.08. The number of anilines is 2. The normalized spacial score (nSPS) is 13.7. The van der Waals surface area contributed by atoms with Crippen LogP contribution in [0.2, 0.25) is 0 Å². The fourth-order valence-corrected chi connectivity index (χ4v) is 2.38. The third-order valence-corrected chi connectivity index (χ3v) is 3.57. The van der Waals surface area contributed by atoms with Crippen molar-refractivity contribution in [3.05, 3.63) is 36.5 Å². The number of H-pyrrole nitrogens is 1. The van der Waals surface area contributed by atoms with E-state index in [4.69, 9.17) is 15.9 Å². The second-order valence-corrected chi connectivity index (χ2v) is 5.43. The molecule has 0 saturated heterocycles. The Kier molecular flexibility index (Phi) is 6.00. The Labute approximate surface area is 134 Å². The second kappa shape index (κ2) is 7.98. The van der Waals surface area contributed by atoms with Gasteiger partial charge in [-0.3, -0.25) is 0 Å². The van der Waals surface area contributed by atoms with E-state index in [9.17, 15) is 10.2 Å². The predicted octanol–water partition coefficient (Wildman–Crippen LogP) is -0.223. The highest BCUT2D eigenvalue weighted by Crippen LogP contribution is 2.29. The molecule has 0 aliphatic carbocycles. The molecule has 2 unspecified atom stereocenters. The summed E-state index contributed by atoms with van der Waals surface area (Å²) in [7, 11) is 0. The summed E-state index contributed by atoms with van der Waals surface area (Å²) in [6.07, 6.45) is -0.107. The number of aromatic amines is 1. The van der Waals surface area contributed by atoms with E-state index in [2.05, 4.69) is 4.98 Å². The number of aliphatic hydroxyl groups is 4. The van der Waals surface area contributed by atoms with E-state index in [0.29, 0.717) is 5.69 Å². The smallest absolute Gasteiger partial charge is 0.0945 e. The van der Waals surface area contributed by atoms with Gasteiger partial charge in [0.1, 0.15) is 0 Å². The van der Waals surface area contributed by atoms with Crippen molar-refractivity contribution in [1.29, 1.82) is 0 Å². The van der Waals surface area contributed by atoms with Gasteiger partial charge in [0, 0.05) is 41.9 Å². The molecule has 23 heavy (non-hydrogen) atoms. The Morgan fingerprint density at radius 3 is 2.22 bits per heavy atom. The summed E-state index contributed by atoms with van der Waals surface area (Å²) in [4.78, 5) is 4.79. The van der Waals surface area contributed by atoms with Gasteiger partial charge in [0.2, 0.25) is 0 Å². The van der Waals surface area contributed by atoms with Crippen LogP contribution < -0.4 is 10.6 Å². The molecule has 7 heteroatoms. The van der Waals surface area contributed by atoms with Gasteiger partial charge in [0.15, 0.2) is 0 Å². The number of aromatic nitrogens is 1. The summed E-state index contributed by atoms with van der Waals surface area (Å²) in [6.45, 7) is -0.516. The molecule has 0 fully saturated rings. The first kappa shape index (κ1) is 17.3. The number of nitrogens with zero attached hydrogens (tertiary/aromatic N) is 1. The highest BCUT2D eigenvalue weighted by molar-refractivity contribution is 5.78. The van der Waals surface area contributed by atoms with Crippen LogP contribution in [-0.4, -0.2) is 63.9 Å². The van der Waals surface area contributed by atoms with Gasteiger partial charge in [0.05, 0.1) is 25.4 Å². The summed E-state index contributed by atoms with van der Waals surface area (Å²) in [5, 5.41) is 37.5. The molecule has 7 N–H and O–H groups in total. The Bertz CT molecular complexity index is 591. The van der Waals surface area contributed by atoms with Crippen LogP contribution in [0.1, 0.15) is 0 Å². The van der Waals surface area contributed by atoms with Crippen LogP contribution >= 0.6 is 0 Å². The molecule has 2 aromatic rings. The first-order chi connectivity index (χ1) is 11.0. The highest BCUT2D eigenvalue weighted by atomic mass is 16.3. The zero-order chi connectivity index (χ0) is 16.8. The lowest BCUT2D eigenvalue weighted by Gasteiger charge is -2.29. The molecular formula is C16H23N3O4. The van der Waals surface area contributed by atoms with Crippen molar-refractivity contribution in [2.24, 2.45) is 0 Å². The van der Waals surface area contributed by atoms with Crippen molar-refractivity contribution in [2.75, 3.05) is 36.9 Å². The van der Waals surface area contributed by atoms with Crippen LogP contribution in [0, 0.1) is 0 Å². The van der Waals surface area contributed by atoms with E-state index in [1.807, 2.05) is 18.2 Å². The van der Waals surface area contributed by atoms with Gasteiger partial charge in [-0.15, -0.1) is 0 Å². The van der Waals surface area contributed by atoms with Crippen LogP contribution in [0.25, 0.3) is 11.3 Å². The molecule has 0 amide bonds. The van der Waals surface area contributed by atoms with E-state index in [1.165, 1.54) is 0 Å². The Morgan fingerprint density at radius 2 is 1.70 bits per heavy atom. The van der Waals surface area contributed by atoms with Crippen molar-refractivity contribution in [3.63, 3.8) is 0 Å². The van der Waals surface area contributed by atoms with Crippen molar-refractivity contribution in [3.8, 4) is 11.3 Å². The van der Waals surface area contributed by atoms with Gasteiger partial charge in [-0.2, -0.15) is 0 Å². The van der Waals surface area contributed by atoms with E-state index < -0.39 is 12.2 Å². The van der Waals surface area contributed by atoms with Gasteiger partial charge < -0.3 is 36.0 Å². The Morgan fingerprint density at radius 1 is 1.04 bits per heavy atom. The molecule has 1 aromatic carbocycles. The summed E-state index contributed by atoms with van der Waals surface area (Å²) < 4.78 is 0. The van der Waals surface area contributed by atoms with Crippen LogP contribution in [0.4, 0.5) is 11.4 Å². The largest absolute Gasteiger partial charge is 0.398 e. The molecule has 0 bridgehead atoms. The predicted molar refractivity (Wildman–Crippen MR) is 89.0 cm³/mol. The zero-order valence-corrected chi connectivity index (χ0v) is 12.8. The zero-order valence-electron chi connectivity index (χ0n) is 12.8. The van der Waals surface area contributed by atoms with Gasteiger partial charge in [0.25, 0.3) is 0 Å². The minimum atomic E-state index is -0.951. The third kappa shape index (κ3) is 4.46. The standard InChI is InChI=1S/C16H23N3O4/c17-15-4-3-11(6-14(15)16-2-1-5-18-16)19(7-12(22)9-20)8-13(23)10-21/h1-6,12-13,18,20-23H,7-10,17H2. The molecule has 1 heterocycles. The topological polar surface area (TPSA) is 126 Å². The summed E-state index contributed by atoms with van der Waals surface area (Å²) in [6, 6.07) is 9.12. The SMILES string of the molecule is Nc1ccc(N(CC(O)CO)CC(O)CO)cc1-c1ccc[nH]1. The van der Waals surface area contributed by atoms with Crippen LogP contribution in [0.3, 0.4) is 0 Å². The number of nitrogens with two attached hydrogens (primary N) is 1. The maximum atomic E-state index is 9.72. The number of hydrogen-bond acceptors (Lipinski definition) is 6. The minimum absolute atomic E-state index is 0.127. The van der Waals surface area contributed by atoms with Gasteiger partial charge in [-0.25, -0.2) is 0 Å². The van der Waals surface area contributed by atoms with E-state index in [-0.39, 0.29) is 26.3 Å². The van der Waals surface area contributed by atoms with Crippen LogP contribution in [-0.2, 0) is 0 Å². The van der Waals surface area contributed by atoms with Crippen molar-refractivity contribution < 1.29 is 20.4 Å². The van der Waals surface area contributed by atoms with Crippen molar-refractivity contribution in [1.82, 2.24) is 4.98 Å². The summed E-state index contributed by atoms with van der Waals surface area (Å²) in [5.41, 5.74) is 9.00. The monoisotopic (exact) mass is 321 g/mol. The second-order valence-electron chi connectivity index (χ2n) is 5.43. The number of hydrogen-bond donors (Lipinski definition) is 6. The third-order valence-electron chi connectivity index (χ3n) is 3.57. The molecule has 1 aromatic heterocycles. The molecule has 7 nitrogen and oxygen atoms in total. The van der Waals surface area contributed by atoms with E-state index in [1.54, 1.807) is 23.2 Å². The minimum Gasteiger partial charge on any atom is -0.398 e. The Balaban J connectivity index is 2.32. The Hall–Kier alpha value is -2.06. The van der Waals surface area contributed by atoms with E-state index in [0.717, 1.165) is 16.9 Å². The molecule has 0 spiro atoms. The van der Waals surface area contributed by atoms with Gasteiger partial charge in [-0.1, -0.05) is 0 Å². The fraction of sp³-hybridized carbons (Fsp3) is 0.375. The first-order valence-corrected chi connectivity index (χ1v) is 7.41. The maximum absolute atomic E-state index is 9.72. The number of rotatable bonds is 8. The van der Waals surface area contributed by atoms with Crippen LogP contribution in [0.5, 0.6) is 0 Å². The quantitative estimate of drug-likeness (QED) is 0.373. The lowest BCUT2D eigenvalue weighted by molar-refractivity contribution is 0.0839. The first-order valence-electron chi connectivity index (χ1n) is 7.41. The molecule has 0 radical (unpaired) electrons. The molecule has 0 saturated carbocycles. The van der Waals surface area contributed by atoms with Gasteiger partial charge >= 0.3 is 0 Å². The number of nitrogen functional groups attached to an aromatic ring is 1. The molecule has 2 rings (SSSR count). The maximum Gasteiger partial charge on any atom is 0.0945 e. The lowest BCUT2D eigenvalue weighted by atomic mass is 10.1.